The molecule has 8 nitrogen and oxygen atoms in total. The molecular formula is C24H21N3O5. The number of ether oxygens (including phenoxy) is 2. The maximum Gasteiger partial charge on any atom is 0.276 e. The van der Waals surface area contributed by atoms with E-state index in [0.29, 0.717) is 49.3 Å². The summed E-state index contributed by atoms with van der Waals surface area (Å²) in [5, 5.41) is 4.02. The molecule has 1 saturated heterocycles. The van der Waals surface area contributed by atoms with Gasteiger partial charge in [-0.05, 0) is 43.2 Å². The van der Waals surface area contributed by atoms with Gasteiger partial charge in [0.05, 0.1) is 0 Å². The number of carbonyl (C=O) groups is 1. The van der Waals surface area contributed by atoms with E-state index < -0.39 is 0 Å². The second-order valence-electron chi connectivity index (χ2n) is 8.02. The molecule has 4 heterocycles. The van der Waals surface area contributed by atoms with Crippen molar-refractivity contribution in [3.05, 3.63) is 60.1 Å². The van der Waals surface area contributed by atoms with Crippen LogP contribution in [-0.2, 0) is 0 Å². The van der Waals surface area contributed by atoms with Gasteiger partial charge in [0.1, 0.15) is 18.7 Å². The minimum Gasteiger partial charge on any atom is -0.486 e. The standard InChI is InChI=1S/C24H21N3O5/c28-24(18-14-21(32-26-18)16-5-6-20-22(13-16)30-12-11-29-20)27-9-7-15(8-10-27)23-25-17-3-1-2-4-19(17)31-23/h1-6,13-15H,7-12H2. The van der Waals surface area contributed by atoms with Gasteiger partial charge >= 0.3 is 0 Å². The van der Waals surface area contributed by atoms with Crippen LogP contribution in [0.3, 0.4) is 0 Å². The third-order valence-corrected chi connectivity index (χ3v) is 6.00. The lowest BCUT2D eigenvalue weighted by Gasteiger charge is -2.29. The van der Waals surface area contributed by atoms with Crippen LogP contribution in [0.25, 0.3) is 22.4 Å². The van der Waals surface area contributed by atoms with Crippen LogP contribution in [0, 0.1) is 0 Å². The molecule has 0 N–H and O–H groups in total. The van der Waals surface area contributed by atoms with Crippen molar-refractivity contribution in [3.8, 4) is 22.8 Å². The maximum atomic E-state index is 13.0. The fraction of sp³-hybridized carbons (Fsp3) is 0.292. The Hall–Kier alpha value is -3.81. The number of rotatable bonds is 3. The van der Waals surface area contributed by atoms with Gasteiger partial charge in [-0.3, -0.25) is 4.79 Å². The molecule has 2 aromatic heterocycles. The van der Waals surface area contributed by atoms with E-state index in [4.69, 9.17) is 18.4 Å². The lowest BCUT2D eigenvalue weighted by atomic mass is 9.96. The Balaban J connectivity index is 1.13. The van der Waals surface area contributed by atoms with Crippen LogP contribution in [0.4, 0.5) is 0 Å². The first-order chi connectivity index (χ1) is 15.7. The first kappa shape index (κ1) is 18.9. The SMILES string of the molecule is O=C(c1cc(-c2ccc3c(c2)OCCO3)on1)N1CCC(c2nc3ccccc3o2)CC1. The van der Waals surface area contributed by atoms with Crippen LogP contribution in [0.2, 0.25) is 0 Å². The molecule has 2 aromatic carbocycles. The van der Waals surface area contributed by atoms with Gasteiger partial charge in [0, 0.05) is 30.6 Å². The second kappa shape index (κ2) is 7.71. The normalized spacial score (nSPS) is 16.4. The van der Waals surface area contributed by atoms with Crippen molar-refractivity contribution in [2.45, 2.75) is 18.8 Å². The zero-order chi connectivity index (χ0) is 21.5. The Kier molecular flexibility index (Phi) is 4.56. The number of aromatic nitrogens is 2. The number of nitrogens with zero attached hydrogens (tertiary/aromatic N) is 3. The van der Waals surface area contributed by atoms with Gasteiger partial charge < -0.3 is 23.3 Å². The largest absolute Gasteiger partial charge is 0.486 e. The third-order valence-electron chi connectivity index (χ3n) is 6.00. The summed E-state index contributed by atoms with van der Waals surface area (Å²) in [6.45, 7) is 2.29. The minimum absolute atomic E-state index is 0.131. The highest BCUT2D eigenvalue weighted by Crippen LogP contribution is 2.35. The fourth-order valence-corrected chi connectivity index (χ4v) is 4.26. The van der Waals surface area contributed by atoms with Crippen molar-refractivity contribution >= 4 is 17.0 Å². The highest BCUT2D eigenvalue weighted by atomic mass is 16.6. The van der Waals surface area contributed by atoms with Crippen LogP contribution in [-0.4, -0.2) is 47.3 Å². The number of hydrogen-bond donors (Lipinski definition) is 0. The highest BCUT2D eigenvalue weighted by molar-refractivity contribution is 5.93. The number of carbonyl (C=O) groups excluding carboxylic acids is 1. The van der Waals surface area contributed by atoms with Crippen LogP contribution in [0.15, 0.2) is 57.5 Å². The Bertz CT molecular complexity index is 1250. The average molecular weight is 431 g/mol. The van der Waals surface area contributed by atoms with Crippen LogP contribution < -0.4 is 9.47 Å². The molecule has 1 fully saturated rings. The molecule has 162 valence electrons. The topological polar surface area (TPSA) is 90.8 Å². The van der Waals surface area contributed by atoms with E-state index in [1.165, 1.54) is 0 Å². The summed E-state index contributed by atoms with van der Waals surface area (Å²) in [7, 11) is 0. The van der Waals surface area contributed by atoms with Crippen molar-refractivity contribution in [1.82, 2.24) is 15.0 Å². The summed E-state index contributed by atoms with van der Waals surface area (Å²) in [5.41, 5.74) is 2.76. The lowest BCUT2D eigenvalue weighted by Crippen LogP contribution is -2.38. The van der Waals surface area contributed by atoms with Crippen molar-refractivity contribution in [2.75, 3.05) is 26.3 Å². The molecule has 0 aliphatic carbocycles. The molecular weight excluding hydrogens is 410 g/mol. The molecule has 0 unspecified atom stereocenters. The molecule has 0 saturated carbocycles. The summed E-state index contributed by atoms with van der Waals surface area (Å²) in [6, 6.07) is 15.0. The fourth-order valence-electron chi connectivity index (χ4n) is 4.26. The van der Waals surface area contributed by atoms with Crippen molar-refractivity contribution < 1.29 is 23.2 Å². The molecule has 4 aromatic rings. The molecule has 0 spiro atoms. The number of likely N-dealkylation sites (tertiary alicyclic amines) is 1. The first-order valence-corrected chi connectivity index (χ1v) is 10.8. The van der Waals surface area contributed by atoms with Crippen LogP contribution in [0.5, 0.6) is 11.5 Å². The summed E-state index contributed by atoms with van der Waals surface area (Å²) in [6.07, 6.45) is 1.59. The summed E-state index contributed by atoms with van der Waals surface area (Å²) in [4.78, 5) is 19.4. The number of oxazole rings is 1. The zero-order valence-electron chi connectivity index (χ0n) is 17.3. The van der Waals surface area contributed by atoms with Crippen molar-refractivity contribution in [3.63, 3.8) is 0 Å². The van der Waals surface area contributed by atoms with E-state index in [1.54, 1.807) is 6.07 Å². The van der Waals surface area contributed by atoms with E-state index in [1.807, 2.05) is 47.4 Å². The first-order valence-electron chi connectivity index (χ1n) is 10.8. The van der Waals surface area contributed by atoms with E-state index in [2.05, 4.69) is 10.1 Å². The minimum atomic E-state index is -0.131. The van der Waals surface area contributed by atoms with Crippen LogP contribution in [0.1, 0.15) is 35.1 Å². The number of hydrogen-bond acceptors (Lipinski definition) is 7. The average Bonchev–Trinajstić information content (AvgIpc) is 3.51. The van der Waals surface area contributed by atoms with Crippen molar-refractivity contribution in [2.24, 2.45) is 0 Å². The van der Waals surface area contributed by atoms with Gasteiger partial charge in [0.15, 0.2) is 34.4 Å². The molecule has 6 rings (SSSR count). The second-order valence-corrected chi connectivity index (χ2v) is 8.02. The smallest absolute Gasteiger partial charge is 0.276 e. The van der Waals surface area contributed by atoms with Gasteiger partial charge in [0.2, 0.25) is 0 Å². The molecule has 32 heavy (non-hydrogen) atoms. The van der Waals surface area contributed by atoms with E-state index >= 15 is 0 Å². The van der Waals surface area contributed by atoms with E-state index in [9.17, 15) is 4.79 Å². The summed E-state index contributed by atoms with van der Waals surface area (Å²) < 4.78 is 22.6. The summed E-state index contributed by atoms with van der Waals surface area (Å²) >= 11 is 0. The Morgan fingerprint density at radius 3 is 2.62 bits per heavy atom. The molecule has 8 heteroatoms. The van der Waals surface area contributed by atoms with Gasteiger partial charge in [-0.2, -0.15) is 0 Å². The molecule has 0 atom stereocenters. The number of fused-ring (bicyclic) bond motifs is 2. The predicted octanol–water partition coefficient (Wildman–Crippen LogP) is 4.27. The molecule has 1 amide bonds. The quantitative estimate of drug-likeness (QED) is 0.478. The number of benzene rings is 2. The Morgan fingerprint density at radius 2 is 1.78 bits per heavy atom. The van der Waals surface area contributed by atoms with E-state index in [0.717, 1.165) is 35.4 Å². The van der Waals surface area contributed by atoms with Gasteiger partial charge in [-0.15, -0.1) is 0 Å². The number of amides is 1. The maximum absolute atomic E-state index is 13.0. The predicted molar refractivity (Wildman–Crippen MR) is 115 cm³/mol. The Labute approximate surface area is 183 Å². The highest BCUT2D eigenvalue weighted by Gasteiger charge is 2.29. The lowest BCUT2D eigenvalue weighted by molar-refractivity contribution is 0.0696. The third kappa shape index (κ3) is 3.37. The molecule has 0 bridgehead atoms. The summed E-state index contributed by atoms with van der Waals surface area (Å²) in [5.74, 6) is 2.72. The van der Waals surface area contributed by atoms with Gasteiger partial charge in [-0.1, -0.05) is 17.3 Å². The van der Waals surface area contributed by atoms with Gasteiger partial charge in [0.25, 0.3) is 5.91 Å². The molecule has 2 aliphatic rings. The zero-order valence-corrected chi connectivity index (χ0v) is 17.3. The van der Waals surface area contributed by atoms with Gasteiger partial charge in [-0.25, -0.2) is 4.98 Å². The van der Waals surface area contributed by atoms with E-state index in [-0.39, 0.29) is 11.8 Å². The molecule has 0 radical (unpaired) electrons. The van der Waals surface area contributed by atoms with Crippen molar-refractivity contribution in [1.29, 1.82) is 0 Å². The Morgan fingerprint density at radius 1 is 0.969 bits per heavy atom. The number of piperidine rings is 1. The van der Waals surface area contributed by atoms with Crippen LogP contribution >= 0.6 is 0 Å². The monoisotopic (exact) mass is 431 g/mol. The number of para-hydroxylation sites is 2. The molecule has 2 aliphatic heterocycles.